The molecule has 3 heterocycles. The average molecular weight is 606 g/mol. The van der Waals surface area contributed by atoms with Gasteiger partial charge < -0.3 is 20.1 Å². The molecule has 2 aliphatic heterocycles. The van der Waals surface area contributed by atoms with E-state index in [1.54, 1.807) is 50.4 Å². The Morgan fingerprint density at radius 1 is 1.07 bits per heavy atom. The van der Waals surface area contributed by atoms with Gasteiger partial charge in [-0.15, -0.1) is 11.3 Å². The summed E-state index contributed by atoms with van der Waals surface area (Å²) in [6, 6.07) is 15.3. The topological polar surface area (TPSA) is 130 Å². The molecule has 2 saturated heterocycles. The molecule has 1 aromatic heterocycles. The predicted octanol–water partition coefficient (Wildman–Crippen LogP) is 4.90. The molecule has 3 aromatic rings. The molecular formula is C31H35N5O6S. The third-order valence-electron chi connectivity index (χ3n) is 7.09. The van der Waals surface area contributed by atoms with E-state index in [9.17, 15) is 19.2 Å². The van der Waals surface area contributed by atoms with Crippen molar-refractivity contribution in [3.63, 3.8) is 0 Å². The van der Waals surface area contributed by atoms with E-state index in [1.807, 2.05) is 30.3 Å². The number of rotatable bonds is 7. The van der Waals surface area contributed by atoms with Crippen LogP contribution in [0.1, 0.15) is 49.5 Å². The summed E-state index contributed by atoms with van der Waals surface area (Å²) in [6.45, 7) is 6.91. The van der Waals surface area contributed by atoms with E-state index in [4.69, 9.17) is 9.47 Å². The number of amides is 4. The van der Waals surface area contributed by atoms with Gasteiger partial charge in [-0.05, 0) is 51.3 Å². The van der Waals surface area contributed by atoms with Crippen LogP contribution in [-0.2, 0) is 20.9 Å². The van der Waals surface area contributed by atoms with Crippen molar-refractivity contribution in [2.75, 3.05) is 25.0 Å². The molecule has 0 bridgehead atoms. The lowest BCUT2D eigenvalue weighted by atomic mass is 10.1. The van der Waals surface area contributed by atoms with E-state index in [2.05, 4.69) is 15.6 Å². The van der Waals surface area contributed by atoms with Gasteiger partial charge in [0.05, 0.1) is 11.7 Å². The maximum absolute atomic E-state index is 13.3. The normalized spacial score (nSPS) is 16.7. The lowest BCUT2D eigenvalue weighted by Gasteiger charge is -2.37. The van der Waals surface area contributed by atoms with Gasteiger partial charge in [0.2, 0.25) is 5.91 Å². The number of thiazole rings is 1. The second kappa shape index (κ2) is 12.9. The first kappa shape index (κ1) is 30.2. The van der Waals surface area contributed by atoms with Gasteiger partial charge >= 0.3 is 12.2 Å². The second-order valence-corrected chi connectivity index (χ2v) is 12.3. The largest absolute Gasteiger partial charge is 0.445 e. The molecule has 2 N–H and O–H groups in total. The Hall–Kier alpha value is -4.29. The molecule has 226 valence electrons. The van der Waals surface area contributed by atoms with Crippen LogP contribution in [0.25, 0.3) is 11.3 Å². The van der Waals surface area contributed by atoms with Gasteiger partial charge in [-0.2, -0.15) is 0 Å². The van der Waals surface area contributed by atoms with Crippen molar-refractivity contribution in [3.05, 3.63) is 71.1 Å². The third kappa shape index (κ3) is 7.38. The molecular weight excluding hydrogens is 570 g/mol. The van der Waals surface area contributed by atoms with Crippen molar-refractivity contribution in [3.8, 4) is 11.3 Å². The van der Waals surface area contributed by atoms with Gasteiger partial charge in [0, 0.05) is 36.1 Å². The molecule has 2 aromatic carbocycles. The van der Waals surface area contributed by atoms with Crippen LogP contribution in [0, 0.1) is 0 Å². The van der Waals surface area contributed by atoms with Crippen molar-refractivity contribution in [1.29, 1.82) is 0 Å². The van der Waals surface area contributed by atoms with Crippen molar-refractivity contribution in [2.45, 2.75) is 57.9 Å². The number of hydrogen-bond donors (Lipinski definition) is 2. The minimum absolute atomic E-state index is 0.140. The summed E-state index contributed by atoms with van der Waals surface area (Å²) in [5.74, 6) is -0.745. The number of aromatic nitrogens is 1. The van der Waals surface area contributed by atoms with Crippen LogP contribution in [0.4, 0.5) is 14.7 Å². The highest BCUT2D eigenvalue weighted by Gasteiger charge is 2.37. The SMILES string of the molecule is CC(C)(C)OC(=O)N(C(=O)c1ccc(-c2csc(NC(=O)C3CCCN3C(=O)OCc3ccccc3)n2)cc1)C1CNC1. The molecule has 0 aliphatic carbocycles. The number of likely N-dealkylation sites (tertiary alicyclic amines) is 1. The molecule has 1 atom stereocenters. The Kier molecular flexibility index (Phi) is 9.07. The van der Waals surface area contributed by atoms with Crippen molar-refractivity contribution >= 4 is 40.5 Å². The lowest BCUT2D eigenvalue weighted by Crippen LogP contribution is -2.61. The molecule has 2 aliphatic rings. The smallest absolute Gasteiger partial charge is 0.417 e. The Bertz CT molecular complexity index is 1470. The number of imide groups is 1. The zero-order valence-electron chi connectivity index (χ0n) is 24.4. The summed E-state index contributed by atoms with van der Waals surface area (Å²) < 4.78 is 10.9. The fraction of sp³-hybridized carbons (Fsp3) is 0.387. The standard InChI is InChI=1S/C31H35N5O6S/c1-31(2,3)42-30(40)36(23-16-32-17-23)27(38)22-13-11-21(12-14-22)24-19-43-28(33-24)34-26(37)25-10-7-15-35(25)29(39)41-18-20-8-5-4-6-9-20/h4-6,8-9,11-14,19,23,25,32H,7,10,15-18H2,1-3H3,(H,33,34,37). The zero-order chi connectivity index (χ0) is 30.6. The molecule has 5 rings (SSSR count). The predicted molar refractivity (Wildman–Crippen MR) is 162 cm³/mol. The summed E-state index contributed by atoms with van der Waals surface area (Å²) in [5, 5.41) is 8.13. The number of nitrogens with zero attached hydrogens (tertiary/aromatic N) is 3. The highest BCUT2D eigenvalue weighted by atomic mass is 32.1. The minimum atomic E-state index is -0.726. The van der Waals surface area contributed by atoms with Gasteiger partial charge in [-0.3, -0.25) is 14.5 Å². The highest BCUT2D eigenvalue weighted by molar-refractivity contribution is 7.14. The van der Waals surface area contributed by atoms with Gasteiger partial charge in [-0.25, -0.2) is 19.5 Å². The fourth-order valence-corrected chi connectivity index (χ4v) is 5.52. The molecule has 43 heavy (non-hydrogen) atoms. The maximum atomic E-state index is 13.3. The number of ether oxygens (including phenoxy) is 2. The van der Waals surface area contributed by atoms with Gasteiger partial charge in [0.1, 0.15) is 18.2 Å². The summed E-state index contributed by atoms with van der Waals surface area (Å²) in [7, 11) is 0. The van der Waals surface area contributed by atoms with Gasteiger partial charge in [0.25, 0.3) is 5.91 Å². The number of nitrogens with one attached hydrogen (secondary N) is 2. The van der Waals surface area contributed by atoms with Crippen molar-refractivity contribution in [2.24, 2.45) is 0 Å². The molecule has 0 saturated carbocycles. The van der Waals surface area contributed by atoms with E-state index >= 15 is 0 Å². The number of carbonyl (C=O) groups excluding carboxylic acids is 4. The number of hydrogen-bond acceptors (Lipinski definition) is 9. The van der Waals surface area contributed by atoms with Gasteiger partial charge in [0.15, 0.2) is 5.13 Å². The summed E-state index contributed by atoms with van der Waals surface area (Å²) in [5.41, 5.74) is 1.87. The lowest BCUT2D eigenvalue weighted by molar-refractivity contribution is -0.120. The van der Waals surface area contributed by atoms with E-state index < -0.39 is 29.7 Å². The van der Waals surface area contributed by atoms with E-state index in [-0.39, 0.29) is 18.6 Å². The van der Waals surface area contributed by atoms with Crippen molar-refractivity contribution < 1.29 is 28.7 Å². The maximum Gasteiger partial charge on any atom is 0.417 e. The molecule has 4 amide bonds. The highest BCUT2D eigenvalue weighted by Crippen LogP contribution is 2.27. The summed E-state index contributed by atoms with van der Waals surface area (Å²) in [6.07, 6.45) is 0.0556. The van der Waals surface area contributed by atoms with E-state index in [0.717, 1.165) is 11.1 Å². The average Bonchev–Trinajstić information content (AvgIpc) is 3.63. The molecule has 12 heteroatoms. The molecule has 0 radical (unpaired) electrons. The number of anilines is 1. The fourth-order valence-electron chi connectivity index (χ4n) is 4.80. The van der Waals surface area contributed by atoms with E-state index in [1.165, 1.54) is 21.1 Å². The first-order chi connectivity index (χ1) is 20.6. The van der Waals surface area contributed by atoms with Crippen molar-refractivity contribution in [1.82, 2.24) is 20.1 Å². The van der Waals surface area contributed by atoms with Crippen LogP contribution in [0.5, 0.6) is 0 Å². The minimum Gasteiger partial charge on any atom is -0.445 e. The molecule has 1 unspecified atom stereocenters. The van der Waals surface area contributed by atoms with Crippen LogP contribution in [-0.4, -0.2) is 76.1 Å². The van der Waals surface area contributed by atoms with Crippen LogP contribution < -0.4 is 10.6 Å². The van der Waals surface area contributed by atoms with Gasteiger partial charge in [-0.1, -0.05) is 42.5 Å². The third-order valence-corrected chi connectivity index (χ3v) is 7.85. The summed E-state index contributed by atoms with van der Waals surface area (Å²) in [4.78, 5) is 59.1. The molecule has 11 nitrogen and oxygen atoms in total. The Morgan fingerprint density at radius 2 is 1.79 bits per heavy atom. The van der Waals surface area contributed by atoms with E-state index in [0.29, 0.717) is 48.9 Å². The Balaban J connectivity index is 1.20. The first-order valence-corrected chi connectivity index (χ1v) is 15.1. The Morgan fingerprint density at radius 3 is 2.44 bits per heavy atom. The molecule has 0 spiro atoms. The Labute approximate surface area is 254 Å². The zero-order valence-corrected chi connectivity index (χ0v) is 25.2. The van der Waals surface area contributed by atoms with Crippen LogP contribution in [0.15, 0.2) is 60.0 Å². The molecule has 2 fully saturated rings. The first-order valence-electron chi connectivity index (χ1n) is 14.2. The monoisotopic (exact) mass is 605 g/mol. The summed E-state index contributed by atoms with van der Waals surface area (Å²) >= 11 is 1.27. The van der Waals surface area contributed by atoms with Crippen LogP contribution >= 0.6 is 11.3 Å². The number of carbonyl (C=O) groups is 4. The van der Waals surface area contributed by atoms with Crippen LogP contribution in [0.2, 0.25) is 0 Å². The van der Waals surface area contributed by atoms with Crippen LogP contribution in [0.3, 0.4) is 0 Å². The quantitative estimate of drug-likeness (QED) is 0.389. The second-order valence-electron chi connectivity index (χ2n) is 11.5. The number of benzene rings is 2.